The van der Waals surface area contributed by atoms with E-state index in [-0.39, 0.29) is 5.91 Å². The Kier molecular flexibility index (Phi) is 7.15. The van der Waals surface area contributed by atoms with Gasteiger partial charge in [-0.2, -0.15) is 0 Å². The van der Waals surface area contributed by atoms with Gasteiger partial charge in [-0.05, 0) is 65.2 Å². The van der Waals surface area contributed by atoms with Crippen molar-refractivity contribution in [3.05, 3.63) is 94.4 Å². The Balaban J connectivity index is 1.51. The molecule has 0 saturated carbocycles. The van der Waals surface area contributed by atoms with Gasteiger partial charge < -0.3 is 9.47 Å². The number of amides is 1. The van der Waals surface area contributed by atoms with Gasteiger partial charge in [-0.15, -0.1) is 0 Å². The zero-order valence-corrected chi connectivity index (χ0v) is 19.8. The zero-order valence-electron chi connectivity index (χ0n) is 18.9. The predicted octanol–water partition coefficient (Wildman–Crippen LogP) is 6.07. The maximum Gasteiger partial charge on any atom is 0.266 e. The van der Waals surface area contributed by atoms with Crippen LogP contribution in [0.4, 0.5) is 5.69 Å². The van der Waals surface area contributed by atoms with Crippen LogP contribution in [0.1, 0.15) is 23.6 Å². The predicted molar refractivity (Wildman–Crippen MR) is 135 cm³/mol. The number of benzene rings is 3. The maximum atomic E-state index is 12.8. The average Bonchev–Trinajstić information content (AvgIpc) is 3.11. The summed E-state index contributed by atoms with van der Waals surface area (Å²) in [5, 5.41) is 0.658. The molecule has 6 heteroatoms. The minimum atomic E-state index is -0.0766. The number of hydrogen-bond acceptors (Lipinski definition) is 5. The smallest absolute Gasteiger partial charge is 0.266 e. The molecule has 1 aliphatic rings. The van der Waals surface area contributed by atoms with Crippen molar-refractivity contribution in [2.45, 2.75) is 20.0 Å². The highest BCUT2D eigenvalue weighted by Crippen LogP contribution is 2.35. The van der Waals surface area contributed by atoms with Crippen LogP contribution in [0.3, 0.4) is 0 Å². The first-order valence-electron chi connectivity index (χ1n) is 10.8. The lowest BCUT2D eigenvalue weighted by Crippen LogP contribution is -2.23. The molecule has 1 fully saturated rings. The van der Waals surface area contributed by atoms with Crippen LogP contribution in [0, 0.1) is 0 Å². The number of nitrogens with zero attached hydrogens (tertiary/aromatic N) is 2. The Morgan fingerprint density at radius 3 is 2.42 bits per heavy atom. The molecule has 0 radical (unpaired) electrons. The number of amidine groups is 1. The van der Waals surface area contributed by atoms with Crippen LogP contribution in [-0.4, -0.2) is 30.1 Å². The molecule has 0 aromatic heterocycles. The Labute approximate surface area is 198 Å². The third-order valence-electron chi connectivity index (χ3n) is 5.30. The van der Waals surface area contributed by atoms with Crippen LogP contribution < -0.4 is 9.47 Å². The van der Waals surface area contributed by atoms with Crippen LogP contribution in [-0.2, 0) is 17.8 Å². The number of likely N-dealkylation sites (N-methyl/N-ethyl adjacent to an activating group) is 1. The first-order chi connectivity index (χ1) is 16.1. The quantitative estimate of drug-likeness (QED) is 0.403. The second-order valence-electron chi connectivity index (χ2n) is 7.57. The molecule has 0 bridgehead atoms. The number of methoxy groups -OCH3 is 1. The van der Waals surface area contributed by atoms with E-state index in [1.54, 1.807) is 19.1 Å². The number of aliphatic imine (C=N–C) groups is 1. The minimum Gasteiger partial charge on any atom is -0.493 e. The highest BCUT2D eigenvalue weighted by molar-refractivity contribution is 8.18. The topological polar surface area (TPSA) is 51.1 Å². The molecule has 3 aromatic carbocycles. The number of carbonyl (C=O) groups is 1. The summed E-state index contributed by atoms with van der Waals surface area (Å²) in [6.45, 7) is 2.57. The van der Waals surface area contributed by atoms with Gasteiger partial charge in [0, 0.05) is 7.05 Å². The van der Waals surface area contributed by atoms with Crippen molar-refractivity contribution in [2.75, 3.05) is 14.2 Å². The molecule has 0 N–H and O–H groups in total. The van der Waals surface area contributed by atoms with E-state index in [2.05, 4.69) is 24.0 Å². The second kappa shape index (κ2) is 10.4. The summed E-state index contributed by atoms with van der Waals surface area (Å²) in [4.78, 5) is 19.6. The van der Waals surface area contributed by atoms with Crippen molar-refractivity contribution >= 4 is 34.6 Å². The van der Waals surface area contributed by atoms with Gasteiger partial charge in [0.15, 0.2) is 16.7 Å². The van der Waals surface area contributed by atoms with Gasteiger partial charge in [-0.25, -0.2) is 4.99 Å². The van der Waals surface area contributed by atoms with Crippen LogP contribution in [0.5, 0.6) is 11.5 Å². The zero-order chi connectivity index (χ0) is 23.2. The van der Waals surface area contributed by atoms with Gasteiger partial charge in [-0.3, -0.25) is 9.69 Å². The number of aryl methyl sites for hydroxylation is 1. The van der Waals surface area contributed by atoms with E-state index in [0.29, 0.717) is 28.2 Å². The molecule has 5 nitrogen and oxygen atoms in total. The molecule has 168 valence electrons. The van der Waals surface area contributed by atoms with Crippen molar-refractivity contribution in [3.8, 4) is 11.5 Å². The molecule has 0 atom stereocenters. The van der Waals surface area contributed by atoms with Crippen LogP contribution in [0.25, 0.3) is 6.08 Å². The van der Waals surface area contributed by atoms with E-state index in [1.165, 1.54) is 17.3 Å². The third kappa shape index (κ3) is 5.46. The van der Waals surface area contributed by atoms with Gasteiger partial charge in [0.25, 0.3) is 5.91 Å². The Morgan fingerprint density at radius 1 is 0.970 bits per heavy atom. The molecule has 1 heterocycles. The summed E-state index contributed by atoms with van der Waals surface area (Å²) in [6, 6.07) is 23.7. The molecule has 33 heavy (non-hydrogen) atoms. The fraction of sp³-hybridized carbons (Fsp3) is 0.185. The van der Waals surface area contributed by atoms with Gasteiger partial charge in [0.2, 0.25) is 0 Å². The Morgan fingerprint density at radius 2 is 1.73 bits per heavy atom. The van der Waals surface area contributed by atoms with Crippen LogP contribution >= 0.6 is 11.8 Å². The van der Waals surface area contributed by atoms with E-state index in [1.807, 2.05) is 66.7 Å². The van der Waals surface area contributed by atoms with Gasteiger partial charge in [0.1, 0.15) is 6.61 Å². The molecule has 0 spiro atoms. The fourth-order valence-electron chi connectivity index (χ4n) is 3.35. The fourth-order valence-corrected chi connectivity index (χ4v) is 4.34. The van der Waals surface area contributed by atoms with E-state index in [9.17, 15) is 4.79 Å². The van der Waals surface area contributed by atoms with E-state index in [0.717, 1.165) is 23.2 Å². The highest BCUT2D eigenvalue weighted by atomic mass is 32.2. The summed E-state index contributed by atoms with van der Waals surface area (Å²) in [5.74, 6) is 1.20. The lowest BCUT2D eigenvalue weighted by Gasteiger charge is -2.11. The SMILES string of the molecule is CCc1ccc(N=C2SC(=Cc3ccc(OCc4ccccc4)c(OC)c3)C(=O)N2C)cc1. The summed E-state index contributed by atoms with van der Waals surface area (Å²) >= 11 is 1.37. The first-order valence-corrected chi connectivity index (χ1v) is 11.6. The Bertz CT molecular complexity index is 1190. The van der Waals surface area contributed by atoms with Crippen molar-refractivity contribution in [2.24, 2.45) is 4.99 Å². The van der Waals surface area contributed by atoms with E-state index in [4.69, 9.17) is 9.47 Å². The number of hydrogen-bond donors (Lipinski definition) is 0. The van der Waals surface area contributed by atoms with Crippen molar-refractivity contribution in [1.29, 1.82) is 0 Å². The molecule has 0 unspecified atom stereocenters. The van der Waals surface area contributed by atoms with Gasteiger partial charge in [-0.1, -0.05) is 55.5 Å². The molecular formula is C27H26N2O3S. The largest absolute Gasteiger partial charge is 0.493 e. The summed E-state index contributed by atoms with van der Waals surface area (Å²) < 4.78 is 11.5. The monoisotopic (exact) mass is 458 g/mol. The maximum absolute atomic E-state index is 12.8. The number of ether oxygens (including phenoxy) is 2. The summed E-state index contributed by atoms with van der Waals surface area (Å²) in [6.07, 6.45) is 2.84. The molecule has 3 aromatic rings. The van der Waals surface area contributed by atoms with E-state index >= 15 is 0 Å². The second-order valence-corrected chi connectivity index (χ2v) is 8.58. The normalized spacial score (nSPS) is 16.0. The first kappa shape index (κ1) is 22.7. The molecule has 1 saturated heterocycles. The number of rotatable bonds is 7. The Hall–Kier alpha value is -3.51. The van der Waals surface area contributed by atoms with Crippen molar-refractivity contribution in [3.63, 3.8) is 0 Å². The lowest BCUT2D eigenvalue weighted by atomic mass is 10.1. The molecule has 1 amide bonds. The van der Waals surface area contributed by atoms with Crippen LogP contribution in [0.15, 0.2) is 82.7 Å². The average molecular weight is 459 g/mol. The van der Waals surface area contributed by atoms with E-state index < -0.39 is 0 Å². The molecule has 4 rings (SSSR count). The standard InChI is InChI=1S/C27H26N2O3S/c1-4-19-10-13-22(14-11-19)28-27-29(2)26(30)25(33-27)17-21-12-15-23(24(16-21)31-3)32-18-20-8-6-5-7-9-20/h5-17H,4,18H2,1-3H3. The summed E-state index contributed by atoms with van der Waals surface area (Å²) in [5.41, 5.74) is 4.03. The van der Waals surface area contributed by atoms with Gasteiger partial charge >= 0.3 is 0 Å². The van der Waals surface area contributed by atoms with Crippen molar-refractivity contribution in [1.82, 2.24) is 4.90 Å². The number of thioether (sulfide) groups is 1. The molecule has 0 aliphatic carbocycles. The minimum absolute atomic E-state index is 0.0766. The molecular weight excluding hydrogens is 432 g/mol. The number of carbonyl (C=O) groups excluding carboxylic acids is 1. The van der Waals surface area contributed by atoms with Crippen LogP contribution in [0.2, 0.25) is 0 Å². The third-order valence-corrected chi connectivity index (χ3v) is 6.36. The van der Waals surface area contributed by atoms with Crippen molar-refractivity contribution < 1.29 is 14.3 Å². The lowest BCUT2D eigenvalue weighted by molar-refractivity contribution is -0.121. The summed E-state index contributed by atoms with van der Waals surface area (Å²) in [7, 11) is 3.36. The van der Waals surface area contributed by atoms with Gasteiger partial charge in [0.05, 0.1) is 17.7 Å². The highest BCUT2D eigenvalue weighted by Gasteiger charge is 2.30. The molecule has 1 aliphatic heterocycles.